The number of carbonyl (C=O) groups is 2. The van der Waals surface area contributed by atoms with Crippen LogP contribution >= 0.6 is 0 Å². The Hall–Kier alpha value is -3.43. The summed E-state index contributed by atoms with van der Waals surface area (Å²) in [5.74, 6) is -3.52. The van der Waals surface area contributed by atoms with Crippen LogP contribution in [0.3, 0.4) is 0 Å². The van der Waals surface area contributed by atoms with Crippen molar-refractivity contribution in [2.45, 2.75) is 90.3 Å². The second-order valence-electron chi connectivity index (χ2n) is 15.2. The van der Waals surface area contributed by atoms with Crippen molar-refractivity contribution in [2.75, 3.05) is 7.11 Å². The van der Waals surface area contributed by atoms with E-state index in [1.807, 2.05) is 19.9 Å². The predicted molar refractivity (Wildman–Crippen MR) is 167 cm³/mol. The lowest BCUT2D eigenvalue weighted by Crippen LogP contribution is -2.62. The molecule has 4 aliphatic rings. The van der Waals surface area contributed by atoms with Gasteiger partial charge in [-0.1, -0.05) is 32.4 Å². The quantitative estimate of drug-likeness (QED) is 0.343. The maximum Gasteiger partial charge on any atom is 0.202 e. The van der Waals surface area contributed by atoms with Crippen molar-refractivity contribution in [1.29, 1.82) is 0 Å². The second-order valence-corrected chi connectivity index (χ2v) is 15.2. The third kappa shape index (κ3) is 4.52. The fourth-order valence-electron chi connectivity index (χ4n) is 10.4. The molecule has 0 radical (unpaired) electrons. The molecule has 0 amide bonds. The molecule has 242 valence electrons. The number of methoxy groups -OCH3 is 1. The van der Waals surface area contributed by atoms with E-state index in [0.29, 0.717) is 25.7 Å². The zero-order valence-corrected chi connectivity index (χ0v) is 26.8. The summed E-state index contributed by atoms with van der Waals surface area (Å²) in [6.45, 7) is 10.2. The van der Waals surface area contributed by atoms with Crippen molar-refractivity contribution in [3.8, 4) is 11.5 Å². The zero-order valence-electron chi connectivity index (χ0n) is 26.8. The van der Waals surface area contributed by atoms with Gasteiger partial charge in [0.2, 0.25) is 5.78 Å². The zero-order chi connectivity index (χ0) is 32.9. The van der Waals surface area contributed by atoms with E-state index >= 15 is 0 Å². The molecule has 0 spiro atoms. The molecule has 4 N–H and O–H groups in total. The minimum Gasteiger partial charge on any atom is -0.508 e. The minimum atomic E-state index is -1.66. The first kappa shape index (κ1) is 31.5. The average Bonchev–Trinajstić information content (AvgIpc) is 2.91. The number of ketones is 2. The van der Waals surface area contributed by atoms with Crippen LogP contribution in [0.4, 0.5) is 0 Å². The predicted octanol–water partition coefficient (Wildman–Crippen LogP) is 5.06. The Morgan fingerprint density at radius 1 is 1.04 bits per heavy atom. The monoisotopic (exact) mass is 620 g/mol. The molecule has 8 unspecified atom stereocenters. The number of hydrogen-bond donors (Lipinski definition) is 4. The molecule has 4 aliphatic carbocycles. The Kier molecular flexibility index (Phi) is 7.21. The maximum atomic E-state index is 14.6. The van der Waals surface area contributed by atoms with Gasteiger partial charge in [-0.15, -0.1) is 0 Å². The lowest BCUT2D eigenvalue weighted by atomic mass is 9.42. The van der Waals surface area contributed by atoms with Gasteiger partial charge in [-0.2, -0.15) is 0 Å². The molecule has 45 heavy (non-hydrogen) atoms. The highest BCUT2D eigenvalue weighted by molar-refractivity contribution is 6.14. The van der Waals surface area contributed by atoms with Gasteiger partial charge in [0.25, 0.3) is 0 Å². The van der Waals surface area contributed by atoms with Crippen molar-refractivity contribution < 1.29 is 39.2 Å². The molecule has 1 aromatic carbocycles. The van der Waals surface area contributed by atoms with Crippen LogP contribution in [0, 0.1) is 34.5 Å². The number of phenols is 2. The van der Waals surface area contributed by atoms with Crippen LogP contribution in [0.5, 0.6) is 11.5 Å². The largest absolute Gasteiger partial charge is 0.508 e. The number of aromatic hydroxyl groups is 2. The van der Waals surface area contributed by atoms with Crippen molar-refractivity contribution in [3.63, 3.8) is 0 Å². The van der Waals surface area contributed by atoms with Gasteiger partial charge >= 0.3 is 0 Å². The molecule has 6 rings (SSSR count). The van der Waals surface area contributed by atoms with E-state index in [0.717, 1.165) is 18.1 Å². The van der Waals surface area contributed by atoms with E-state index in [1.165, 1.54) is 25.3 Å². The van der Waals surface area contributed by atoms with Gasteiger partial charge in [0.15, 0.2) is 17.0 Å². The highest BCUT2D eigenvalue weighted by Crippen LogP contribution is 2.65. The number of hydrogen-bond acceptors (Lipinski definition) is 9. The molecule has 0 bridgehead atoms. The number of aliphatic hydroxyl groups excluding tert-OH is 1. The Bertz CT molecular complexity index is 1710. The molecule has 2 aromatic rings. The number of Topliss-reactive ketones (excluding diaryl/α,β-unsaturated/α-hetero) is 1. The first-order chi connectivity index (χ1) is 21.0. The van der Waals surface area contributed by atoms with Gasteiger partial charge in [0.1, 0.15) is 33.6 Å². The highest BCUT2D eigenvalue weighted by atomic mass is 16.5. The molecular formula is C36H44O9. The van der Waals surface area contributed by atoms with Crippen LogP contribution in [0.25, 0.3) is 11.0 Å². The summed E-state index contributed by atoms with van der Waals surface area (Å²) in [5.41, 5.74) is -3.35. The number of aliphatic hydroxyl groups is 2. The molecule has 8 atom stereocenters. The summed E-state index contributed by atoms with van der Waals surface area (Å²) >= 11 is 0. The maximum absolute atomic E-state index is 14.6. The number of rotatable bonds is 4. The van der Waals surface area contributed by atoms with E-state index in [2.05, 4.69) is 20.8 Å². The van der Waals surface area contributed by atoms with Gasteiger partial charge in [0, 0.05) is 36.1 Å². The number of fused-ring (bicyclic) bond motifs is 3. The normalized spacial score (nSPS) is 37.8. The van der Waals surface area contributed by atoms with Crippen LogP contribution in [-0.2, 0) is 19.7 Å². The van der Waals surface area contributed by atoms with E-state index in [9.17, 15) is 34.8 Å². The first-order valence-electron chi connectivity index (χ1n) is 15.9. The molecule has 0 aliphatic heterocycles. The van der Waals surface area contributed by atoms with Crippen molar-refractivity contribution >= 4 is 22.5 Å². The topological polar surface area (TPSA) is 154 Å². The summed E-state index contributed by atoms with van der Waals surface area (Å²) in [4.78, 5) is 42.2. The molecular weight excluding hydrogens is 576 g/mol. The summed E-state index contributed by atoms with van der Waals surface area (Å²) in [7, 11) is 1.34. The summed E-state index contributed by atoms with van der Waals surface area (Å²) in [6, 6.07) is 3.44. The number of allylic oxidation sites excluding steroid dienone is 4. The van der Waals surface area contributed by atoms with Crippen molar-refractivity contribution in [3.05, 3.63) is 57.7 Å². The summed E-state index contributed by atoms with van der Waals surface area (Å²) in [5, 5.41) is 43.8. The Morgan fingerprint density at radius 2 is 1.76 bits per heavy atom. The molecule has 1 aromatic heterocycles. The lowest BCUT2D eigenvalue weighted by Gasteiger charge is -2.63. The molecule has 9 nitrogen and oxygen atoms in total. The Labute approximate surface area is 262 Å². The average molecular weight is 621 g/mol. The fourth-order valence-corrected chi connectivity index (χ4v) is 10.4. The Balaban J connectivity index is 1.60. The van der Waals surface area contributed by atoms with E-state index in [4.69, 9.17) is 9.15 Å². The molecule has 2 fully saturated rings. The standard InChI is InChI=1S/C36H44O9/c1-18-7-8-21-32(42)26(44-6)15-29(41)36(21,30-14-24(40)31-23(39)11-19(37)12-25(31)45-30)22(18)13-28-34(4)17-20(38)16-33(2,3)27(34)9-10-35(28,5)43/h7,11-12,14-15,20-22,27-28,37-39,43H,8-10,13,16-17H2,1-6H3. The SMILES string of the molecule is COC1=CC(=O)C2(c3cc(=O)c4c(O)cc(O)cc4o3)C(CC=C(C)C2CC2C(C)(O)CCC3C(C)(C)CC(O)CC32C)C1=O. The van der Waals surface area contributed by atoms with Crippen LogP contribution in [0.15, 0.2) is 50.9 Å². The fraction of sp³-hybridized carbons (Fsp3) is 0.583. The third-order valence-electron chi connectivity index (χ3n) is 12.1. The van der Waals surface area contributed by atoms with Crippen LogP contribution < -0.4 is 5.43 Å². The van der Waals surface area contributed by atoms with Crippen molar-refractivity contribution in [1.82, 2.24) is 0 Å². The molecule has 0 saturated heterocycles. The highest BCUT2D eigenvalue weighted by Gasteiger charge is 2.65. The van der Waals surface area contributed by atoms with Gasteiger partial charge in [-0.05, 0) is 75.0 Å². The van der Waals surface area contributed by atoms with E-state index in [-0.39, 0.29) is 57.7 Å². The molecule has 1 heterocycles. The van der Waals surface area contributed by atoms with Crippen LogP contribution in [0.2, 0.25) is 0 Å². The molecule has 2 saturated carbocycles. The van der Waals surface area contributed by atoms with Crippen LogP contribution in [0.1, 0.15) is 78.9 Å². The smallest absolute Gasteiger partial charge is 0.202 e. The number of benzene rings is 1. The van der Waals surface area contributed by atoms with E-state index in [1.54, 1.807) is 0 Å². The van der Waals surface area contributed by atoms with Gasteiger partial charge in [-0.3, -0.25) is 14.4 Å². The van der Waals surface area contributed by atoms with Crippen molar-refractivity contribution in [2.24, 2.45) is 34.5 Å². The number of carbonyl (C=O) groups excluding carboxylic acids is 2. The van der Waals surface area contributed by atoms with Gasteiger partial charge in [0.05, 0.1) is 18.8 Å². The Morgan fingerprint density at radius 3 is 2.44 bits per heavy atom. The lowest BCUT2D eigenvalue weighted by molar-refractivity contribution is -0.194. The van der Waals surface area contributed by atoms with Gasteiger partial charge < -0.3 is 29.6 Å². The third-order valence-corrected chi connectivity index (χ3v) is 12.1. The van der Waals surface area contributed by atoms with E-state index < -0.39 is 51.3 Å². The minimum absolute atomic E-state index is 0.0293. The number of ether oxygens (including phenoxy) is 1. The summed E-state index contributed by atoms with van der Waals surface area (Å²) < 4.78 is 11.6. The van der Waals surface area contributed by atoms with Crippen LogP contribution in [-0.4, -0.2) is 50.8 Å². The van der Waals surface area contributed by atoms with Gasteiger partial charge in [-0.25, -0.2) is 0 Å². The number of phenolic OH excluding ortho intramolecular Hbond substituents is 2. The second kappa shape index (κ2) is 10.3. The first-order valence-corrected chi connectivity index (χ1v) is 15.9. The molecule has 9 heteroatoms. The summed E-state index contributed by atoms with van der Waals surface area (Å²) in [6.07, 6.45) is 5.60.